The summed E-state index contributed by atoms with van der Waals surface area (Å²) in [7, 11) is 0. The topological polar surface area (TPSA) is 88.6 Å². The molecular formula is C22H19N3O4S. The van der Waals surface area contributed by atoms with Gasteiger partial charge in [0, 0.05) is 12.2 Å². The van der Waals surface area contributed by atoms with Gasteiger partial charge in [0.05, 0.1) is 40.5 Å². The third-order valence-electron chi connectivity index (χ3n) is 5.38. The predicted molar refractivity (Wildman–Crippen MR) is 112 cm³/mol. The Morgan fingerprint density at radius 2 is 2.00 bits per heavy atom. The lowest BCUT2D eigenvalue weighted by atomic mass is 10.1. The minimum atomic E-state index is -0.369. The van der Waals surface area contributed by atoms with Gasteiger partial charge in [-0.2, -0.15) is 0 Å². The van der Waals surface area contributed by atoms with Crippen LogP contribution in [0.2, 0.25) is 0 Å². The minimum absolute atomic E-state index is 0.108. The van der Waals surface area contributed by atoms with E-state index >= 15 is 0 Å². The van der Waals surface area contributed by atoms with E-state index in [1.54, 1.807) is 12.1 Å². The highest BCUT2D eigenvalue weighted by atomic mass is 32.1. The molecular weight excluding hydrogens is 402 g/mol. The molecule has 0 bridgehead atoms. The van der Waals surface area contributed by atoms with Crippen molar-refractivity contribution in [1.29, 1.82) is 0 Å². The molecule has 2 aliphatic rings. The number of amides is 3. The van der Waals surface area contributed by atoms with Crippen LogP contribution in [-0.4, -0.2) is 46.9 Å². The fourth-order valence-corrected chi connectivity index (χ4v) is 4.75. The molecule has 1 fully saturated rings. The maximum absolute atomic E-state index is 12.8. The summed E-state index contributed by atoms with van der Waals surface area (Å²) in [6.07, 6.45) is 1.67. The van der Waals surface area contributed by atoms with E-state index in [0.29, 0.717) is 24.3 Å². The number of benzene rings is 2. The van der Waals surface area contributed by atoms with Crippen molar-refractivity contribution in [3.8, 4) is 0 Å². The molecule has 3 amide bonds. The molecule has 8 heteroatoms. The highest BCUT2D eigenvalue weighted by Crippen LogP contribution is 2.26. The van der Waals surface area contributed by atoms with Crippen LogP contribution < -0.4 is 5.32 Å². The number of nitrogens with zero attached hydrogens (tertiary/aromatic N) is 2. The second-order valence-corrected chi connectivity index (χ2v) is 8.49. The lowest BCUT2D eigenvalue weighted by Gasteiger charge is -2.17. The van der Waals surface area contributed by atoms with E-state index in [1.165, 1.54) is 22.3 Å². The SMILES string of the molecule is O=C(NCc1nc2ccccc2s1)c1ccc2c(c1)C(=O)N(C[C@@H]1CCCO1)C2=O. The van der Waals surface area contributed by atoms with Gasteiger partial charge < -0.3 is 10.1 Å². The van der Waals surface area contributed by atoms with E-state index in [4.69, 9.17) is 4.74 Å². The van der Waals surface area contributed by atoms with Gasteiger partial charge in [-0.15, -0.1) is 11.3 Å². The fourth-order valence-electron chi connectivity index (χ4n) is 3.84. The number of thiazole rings is 1. The number of ether oxygens (including phenoxy) is 1. The average molecular weight is 421 g/mol. The molecule has 3 aromatic rings. The van der Waals surface area contributed by atoms with Crippen molar-refractivity contribution in [2.45, 2.75) is 25.5 Å². The normalized spacial score (nSPS) is 18.3. The summed E-state index contributed by atoms with van der Waals surface area (Å²) < 4.78 is 6.62. The highest BCUT2D eigenvalue weighted by Gasteiger charge is 2.37. The van der Waals surface area contributed by atoms with Gasteiger partial charge >= 0.3 is 0 Å². The number of nitrogens with one attached hydrogen (secondary N) is 1. The number of rotatable bonds is 5. The van der Waals surface area contributed by atoms with Gasteiger partial charge in [0.15, 0.2) is 0 Å². The van der Waals surface area contributed by atoms with Crippen LogP contribution in [0.5, 0.6) is 0 Å². The third kappa shape index (κ3) is 3.38. The quantitative estimate of drug-likeness (QED) is 0.640. The fraction of sp³-hybridized carbons (Fsp3) is 0.273. The second kappa shape index (κ2) is 7.62. The number of imide groups is 1. The molecule has 2 aromatic carbocycles. The third-order valence-corrected chi connectivity index (χ3v) is 6.42. The van der Waals surface area contributed by atoms with Crippen LogP contribution >= 0.6 is 11.3 Å². The van der Waals surface area contributed by atoms with Crippen molar-refractivity contribution in [3.05, 3.63) is 64.2 Å². The van der Waals surface area contributed by atoms with Crippen LogP contribution in [-0.2, 0) is 11.3 Å². The molecule has 2 aliphatic heterocycles. The first-order valence-electron chi connectivity index (χ1n) is 9.84. The van der Waals surface area contributed by atoms with Crippen LogP contribution in [0.1, 0.15) is 48.9 Å². The van der Waals surface area contributed by atoms with Gasteiger partial charge in [0.25, 0.3) is 17.7 Å². The summed E-state index contributed by atoms with van der Waals surface area (Å²) in [6.45, 7) is 1.21. The smallest absolute Gasteiger partial charge is 0.261 e. The van der Waals surface area contributed by atoms with Crippen molar-refractivity contribution in [1.82, 2.24) is 15.2 Å². The highest BCUT2D eigenvalue weighted by molar-refractivity contribution is 7.18. The summed E-state index contributed by atoms with van der Waals surface area (Å²) in [5.41, 5.74) is 1.85. The molecule has 0 spiro atoms. The van der Waals surface area contributed by atoms with E-state index in [0.717, 1.165) is 28.1 Å². The van der Waals surface area contributed by atoms with E-state index < -0.39 is 0 Å². The van der Waals surface area contributed by atoms with Crippen molar-refractivity contribution < 1.29 is 19.1 Å². The summed E-state index contributed by atoms with van der Waals surface area (Å²) in [4.78, 5) is 43.7. The van der Waals surface area contributed by atoms with Crippen molar-refractivity contribution in [2.75, 3.05) is 13.2 Å². The lowest BCUT2D eigenvalue weighted by Crippen LogP contribution is -2.36. The predicted octanol–water partition coefficient (Wildman–Crippen LogP) is 3.00. The first kappa shape index (κ1) is 18.9. The number of hydrogen-bond donors (Lipinski definition) is 1. The number of carbonyl (C=O) groups excluding carboxylic acids is 3. The van der Waals surface area contributed by atoms with Gasteiger partial charge in [0.2, 0.25) is 0 Å². The first-order chi connectivity index (χ1) is 14.6. The number of para-hydroxylation sites is 1. The van der Waals surface area contributed by atoms with Crippen molar-refractivity contribution >= 4 is 39.3 Å². The minimum Gasteiger partial charge on any atom is -0.376 e. The van der Waals surface area contributed by atoms with E-state index in [2.05, 4.69) is 10.3 Å². The van der Waals surface area contributed by atoms with Crippen LogP contribution in [0.25, 0.3) is 10.2 Å². The summed E-state index contributed by atoms with van der Waals surface area (Å²) in [5, 5.41) is 3.65. The monoisotopic (exact) mass is 421 g/mol. The molecule has 152 valence electrons. The van der Waals surface area contributed by atoms with Crippen molar-refractivity contribution in [2.24, 2.45) is 0 Å². The first-order valence-corrected chi connectivity index (χ1v) is 10.7. The zero-order valence-electron chi connectivity index (χ0n) is 16.1. The molecule has 5 rings (SSSR count). The Labute approximate surface area is 176 Å². The van der Waals surface area contributed by atoms with E-state index in [9.17, 15) is 14.4 Å². The summed E-state index contributed by atoms with van der Waals surface area (Å²) in [5.74, 6) is -1.01. The molecule has 7 nitrogen and oxygen atoms in total. The molecule has 1 saturated heterocycles. The number of hydrogen-bond acceptors (Lipinski definition) is 6. The largest absolute Gasteiger partial charge is 0.376 e. The Kier molecular flexibility index (Phi) is 4.80. The number of carbonyl (C=O) groups is 3. The summed E-state index contributed by atoms with van der Waals surface area (Å²) >= 11 is 1.53. The Hall–Kier alpha value is -3.10. The number of fused-ring (bicyclic) bond motifs is 2. The van der Waals surface area contributed by atoms with Crippen LogP contribution in [0.15, 0.2) is 42.5 Å². The Balaban J connectivity index is 1.29. The molecule has 0 saturated carbocycles. The molecule has 1 atom stereocenters. The number of aromatic nitrogens is 1. The molecule has 30 heavy (non-hydrogen) atoms. The van der Waals surface area contributed by atoms with Crippen molar-refractivity contribution in [3.63, 3.8) is 0 Å². The van der Waals surface area contributed by atoms with E-state index in [-0.39, 0.29) is 35.9 Å². The standard InChI is InChI=1S/C22H19N3O4S/c26-20(23-11-19-24-17-5-1-2-6-18(17)30-19)13-7-8-15-16(10-13)22(28)25(21(15)27)12-14-4-3-9-29-14/h1-2,5-8,10,14H,3-4,9,11-12H2,(H,23,26)/t14-/m0/s1. The maximum Gasteiger partial charge on any atom is 0.261 e. The Morgan fingerprint density at radius 3 is 2.80 bits per heavy atom. The van der Waals surface area contributed by atoms with Gasteiger partial charge in [-0.3, -0.25) is 19.3 Å². The van der Waals surface area contributed by atoms with Gasteiger partial charge in [-0.05, 0) is 43.2 Å². The van der Waals surface area contributed by atoms with Gasteiger partial charge in [-0.1, -0.05) is 12.1 Å². The van der Waals surface area contributed by atoms with Gasteiger partial charge in [0.1, 0.15) is 5.01 Å². The molecule has 0 unspecified atom stereocenters. The molecule has 0 radical (unpaired) electrons. The molecule has 0 aliphatic carbocycles. The zero-order valence-corrected chi connectivity index (χ0v) is 16.9. The van der Waals surface area contributed by atoms with E-state index in [1.807, 2.05) is 24.3 Å². The van der Waals surface area contributed by atoms with Crippen LogP contribution in [0.3, 0.4) is 0 Å². The second-order valence-electron chi connectivity index (χ2n) is 7.37. The van der Waals surface area contributed by atoms with Crippen LogP contribution in [0.4, 0.5) is 0 Å². The lowest BCUT2D eigenvalue weighted by molar-refractivity contribution is 0.0475. The van der Waals surface area contributed by atoms with Gasteiger partial charge in [-0.25, -0.2) is 4.98 Å². The zero-order chi connectivity index (χ0) is 20.7. The molecule has 1 N–H and O–H groups in total. The van der Waals surface area contributed by atoms with Crippen LogP contribution in [0, 0.1) is 0 Å². The molecule has 3 heterocycles. The Bertz CT molecular complexity index is 1130. The average Bonchev–Trinajstić information content (AvgIpc) is 3.48. The Morgan fingerprint density at radius 1 is 1.17 bits per heavy atom. The maximum atomic E-state index is 12.8. The molecule has 1 aromatic heterocycles. The summed E-state index contributed by atoms with van der Waals surface area (Å²) in [6, 6.07) is 12.4.